The van der Waals surface area contributed by atoms with Crippen LogP contribution in [0.2, 0.25) is 0 Å². The van der Waals surface area contributed by atoms with Gasteiger partial charge in [0.1, 0.15) is 0 Å². The Kier molecular flexibility index (Phi) is 57.0. The first-order valence-electron chi connectivity index (χ1n) is 30.9. The number of amides is 1. The van der Waals surface area contributed by atoms with Crippen molar-refractivity contribution in [3.05, 3.63) is 12.2 Å². The number of aliphatic hydroxyl groups is 2. The largest absolute Gasteiger partial charge is 0.466 e. The van der Waals surface area contributed by atoms with Gasteiger partial charge < -0.3 is 20.3 Å². The van der Waals surface area contributed by atoms with Crippen LogP contribution in [0.25, 0.3) is 0 Å². The van der Waals surface area contributed by atoms with Crippen molar-refractivity contribution in [1.29, 1.82) is 0 Å². The molecular formula is C62H121NO5. The summed E-state index contributed by atoms with van der Waals surface area (Å²) in [6, 6.07) is -0.545. The first-order chi connectivity index (χ1) is 33.5. The summed E-state index contributed by atoms with van der Waals surface area (Å²) in [4.78, 5) is 24.5. The lowest BCUT2D eigenvalue weighted by molar-refractivity contribution is -0.143. The average molecular weight is 961 g/mol. The van der Waals surface area contributed by atoms with Crippen LogP contribution in [0.5, 0.6) is 0 Å². The molecule has 0 radical (unpaired) electrons. The van der Waals surface area contributed by atoms with Gasteiger partial charge in [0.25, 0.3) is 0 Å². The van der Waals surface area contributed by atoms with Crippen molar-refractivity contribution in [3.63, 3.8) is 0 Å². The van der Waals surface area contributed by atoms with Crippen LogP contribution in [0.15, 0.2) is 12.2 Å². The van der Waals surface area contributed by atoms with Crippen LogP contribution in [0, 0.1) is 0 Å². The van der Waals surface area contributed by atoms with Gasteiger partial charge in [0.05, 0.1) is 25.4 Å². The van der Waals surface area contributed by atoms with Crippen LogP contribution >= 0.6 is 0 Å². The molecule has 6 nitrogen and oxygen atoms in total. The maximum Gasteiger partial charge on any atom is 0.305 e. The van der Waals surface area contributed by atoms with E-state index in [1.807, 2.05) is 0 Å². The van der Waals surface area contributed by atoms with Gasteiger partial charge in [-0.1, -0.05) is 296 Å². The highest BCUT2D eigenvalue weighted by atomic mass is 16.5. The highest BCUT2D eigenvalue weighted by Crippen LogP contribution is 2.18. The fraction of sp³-hybridized carbons (Fsp3) is 0.935. The lowest BCUT2D eigenvalue weighted by atomic mass is 10.0. The Morgan fingerprint density at radius 2 is 0.691 bits per heavy atom. The fourth-order valence-corrected chi connectivity index (χ4v) is 9.81. The third kappa shape index (κ3) is 53.9. The van der Waals surface area contributed by atoms with Crippen molar-refractivity contribution < 1.29 is 24.5 Å². The van der Waals surface area contributed by atoms with Gasteiger partial charge in [-0.15, -0.1) is 0 Å². The van der Waals surface area contributed by atoms with E-state index < -0.39 is 12.1 Å². The van der Waals surface area contributed by atoms with Crippen molar-refractivity contribution in [2.24, 2.45) is 0 Å². The van der Waals surface area contributed by atoms with Crippen LogP contribution in [0.1, 0.15) is 348 Å². The molecule has 0 aromatic heterocycles. The topological polar surface area (TPSA) is 95.9 Å². The normalized spacial score (nSPS) is 12.6. The second-order valence-electron chi connectivity index (χ2n) is 21.4. The minimum atomic E-state index is -0.667. The summed E-state index contributed by atoms with van der Waals surface area (Å²) < 4.78 is 5.48. The molecule has 404 valence electrons. The number of rotatable bonds is 58. The Morgan fingerprint density at radius 3 is 1.04 bits per heavy atom. The first kappa shape index (κ1) is 66.6. The van der Waals surface area contributed by atoms with E-state index in [1.165, 1.54) is 276 Å². The number of unbranched alkanes of at least 4 members (excludes halogenated alkanes) is 45. The molecule has 0 aliphatic heterocycles. The Morgan fingerprint density at radius 1 is 0.397 bits per heavy atom. The van der Waals surface area contributed by atoms with Crippen molar-refractivity contribution in [1.82, 2.24) is 5.32 Å². The van der Waals surface area contributed by atoms with Crippen molar-refractivity contribution in [2.75, 3.05) is 13.2 Å². The van der Waals surface area contributed by atoms with Gasteiger partial charge in [-0.05, 0) is 51.4 Å². The molecule has 0 aliphatic rings. The van der Waals surface area contributed by atoms with Gasteiger partial charge in [-0.2, -0.15) is 0 Å². The van der Waals surface area contributed by atoms with Crippen molar-refractivity contribution in [3.8, 4) is 0 Å². The number of hydrogen-bond donors (Lipinski definition) is 3. The SMILES string of the molecule is CCCCCCCCCCCCCCCCCC(O)C(CO)NC(=O)CCCCCCCCC/C=C\CCCCCCCCCCCCCCOC(=O)CCCCCCCCCCCCCCC. The molecule has 2 atom stereocenters. The third-order valence-electron chi connectivity index (χ3n) is 14.6. The number of hydrogen-bond acceptors (Lipinski definition) is 5. The van der Waals surface area contributed by atoms with E-state index in [1.54, 1.807) is 0 Å². The van der Waals surface area contributed by atoms with Crippen molar-refractivity contribution in [2.45, 2.75) is 360 Å². The zero-order valence-corrected chi connectivity index (χ0v) is 46.1. The van der Waals surface area contributed by atoms with E-state index in [2.05, 4.69) is 31.3 Å². The number of carbonyl (C=O) groups excluding carboxylic acids is 2. The van der Waals surface area contributed by atoms with Crippen LogP contribution in [-0.2, 0) is 14.3 Å². The average Bonchev–Trinajstić information content (AvgIpc) is 3.34. The van der Waals surface area contributed by atoms with E-state index in [0.717, 1.165) is 38.5 Å². The molecule has 6 heteroatoms. The molecule has 0 saturated heterocycles. The van der Waals surface area contributed by atoms with Crippen molar-refractivity contribution >= 4 is 11.9 Å². The lowest BCUT2D eigenvalue weighted by Crippen LogP contribution is -2.45. The predicted molar refractivity (Wildman–Crippen MR) is 297 cm³/mol. The number of aliphatic hydroxyl groups excluding tert-OH is 2. The second-order valence-corrected chi connectivity index (χ2v) is 21.4. The highest BCUT2D eigenvalue weighted by molar-refractivity contribution is 5.76. The predicted octanol–water partition coefficient (Wildman–Crippen LogP) is 19.2. The molecular weight excluding hydrogens is 839 g/mol. The Hall–Kier alpha value is -1.40. The number of ether oxygens (including phenoxy) is 1. The Balaban J connectivity index is 3.40. The van der Waals surface area contributed by atoms with Crippen LogP contribution < -0.4 is 5.32 Å². The number of esters is 1. The molecule has 0 bridgehead atoms. The molecule has 3 N–H and O–H groups in total. The summed E-state index contributed by atoms with van der Waals surface area (Å²) >= 11 is 0. The molecule has 0 aromatic rings. The van der Waals surface area contributed by atoms with E-state index >= 15 is 0 Å². The fourth-order valence-electron chi connectivity index (χ4n) is 9.81. The summed E-state index contributed by atoms with van der Waals surface area (Å²) in [6.07, 6.45) is 69.3. The number of allylic oxidation sites excluding steroid dienone is 2. The molecule has 0 saturated carbocycles. The molecule has 68 heavy (non-hydrogen) atoms. The number of nitrogens with one attached hydrogen (secondary N) is 1. The summed E-state index contributed by atoms with van der Waals surface area (Å²) in [5, 5.41) is 23.3. The van der Waals surface area contributed by atoms with Gasteiger partial charge in [0.2, 0.25) is 5.91 Å². The molecule has 0 spiro atoms. The Bertz CT molecular complexity index is 1020. The standard InChI is InChI=1S/C62H121NO5/c1-3-5-7-9-11-13-15-17-27-31-34-38-42-46-50-54-60(65)59(58-64)63-61(66)55-51-47-43-39-35-32-28-25-23-21-19-18-20-22-24-26-29-33-37-41-45-49-53-57-68-62(67)56-52-48-44-40-36-30-16-14-12-10-8-6-4-2/h21,23,59-60,64-65H,3-20,22,24-58H2,1-2H3,(H,63,66)/b23-21-. The van der Waals surface area contributed by atoms with Crippen LogP contribution in [-0.4, -0.2) is 47.4 Å². The summed E-state index contributed by atoms with van der Waals surface area (Å²) in [5.74, 6) is -0.0252. The maximum atomic E-state index is 12.5. The highest BCUT2D eigenvalue weighted by Gasteiger charge is 2.20. The minimum absolute atomic E-state index is 0.0137. The van der Waals surface area contributed by atoms with Gasteiger partial charge in [0, 0.05) is 12.8 Å². The molecule has 2 unspecified atom stereocenters. The molecule has 1 amide bonds. The molecule has 0 aromatic carbocycles. The zero-order valence-electron chi connectivity index (χ0n) is 46.1. The summed E-state index contributed by atoms with van der Waals surface area (Å²) in [5.41, 5.74) is 0. The van der Waals surface area contributed by atoms with E-state index in [4.69, 9.17) is 4.74 Å². The van der Waals surface area contributed by atoms with E-state index in [-0.39, 0.29) is 18.5 Å². The summed E-state index contributed by atoms with van der Waals surface area (Å²) in [7, 11) is 0. The lowest BCUT2D eigenvalue weighted by Gasteiger charge is -2.22. The quantitative estimate of drug-likeness (QED) is 0.0321. The minimum Gasteiger partial charge on any atom is -0.466 e. The zero-order chi connectivity index (χ0) is 49.3. The molecule has 0 rings (SSSR count). The van der Waals surface area contributed by atoms with E-state index in [0.29, 0.717) is 25.9 Å². The smallest absolute Gasteiger partial charge is 0.305 e. The third-order valence-corrected chi connectivity index (χ3v) is 14.6. The second kappa shape index (κ2) is 58.2. The van der Waals surface area contributed by atoms with Gasteiger partial charge in [-0.3, -0.25) is 9.59 Å². The number of carbonyl (C=O) groups is 2. The maximum absolute atomic E-state index is 12.5. The molecule has 0 heterocycles. The van der Waals surface area contributed by atoms with Gasteiger partial charge >= 0.3 is 5.97 Å². The van der Waals surface area contributed by atoms with Gasteiger partial charge in [0.15, 0.2) is 0 Å². The van der Waals surface area contributed by atoms with Crippen LogP contribution in [0.3, 0.4) is 0 Å². The van der Waals surface area contributed by atoms with Crippen LogP contribution in [0.4, 0.5) is 0 Å². The molecule has 0 aliphatic carbocycles. The van der Waals surface area contributed by atoms with E-state index in [9.17, 15) is 19.8 Å². The monoisotopic (exact) mass is 960 g/mol. The van der Waals surface area contributed by atoms with Gasteiger partial charge in [-0.25, -0.2) is 0 Å². The Labute approximate surface area is 425 Å². The molecule has 0 fully saturated rings. The first-order valence-corrected chi connectivity index (χ1v) is 30.9. The summed E-state index contributed by atoms with van der Waals surface area (Å²) in [6.45, 7) is 4.97.